The Labute approximate surface area is 183 Å². The molecule has 1 aromatic rings. The summed E-state index contributed by atoms with van der Waals surface area (Å²) >= 11 is 5.83. The zero-order chi connectivity index (χ0) is 21.0. The number of halogens is 1. The molecule has 29 heavy (non-hydrogen) atoms. The fraction of sp³-hybridized carbons (Fsp3) is 0.560. The predicted octanol–water partition coefficient (Wildman–Crippen LogP) is 8.28. The Hall–Kier alpha value is -1.74. The van der Waals surface area contributed by atoms with Crippen LogP contribution in [0.3, 0.4) is 0 Å². The molecule has 1 aromatic carbocycles. The van der Waals surface area contributed by atoms with E-state index in [1.807, 2.05) is 0 Å². The Morgan fingerprint density at radius 2 is 1.41 bits per heavy atom. The van der Waals surface area contributed by atoms with E-state index in [1.165, 1.54) is 64.2 Å². The van der Waals surface area contributed by atoms with Gasteiger partial charge in [-0.1, -0.05) is 81.4 Å². The second-order valence-electron chi connectivity index (χ2n) is 7.47. The van der Waals surface area contributed by atoms with Crippen LogP contribution in [0.5, 0.6) is 0 Å². The van der Waals surface area contributed by atoms with E-state index in [0.29, 0.717) is 11.6 Å². The lowest BCUT2D eigenvalue weighted by Crippen LogP contribution is -2.29. The van der Waals surface area contributed by atoms with Gasteiger partial charge in [-0.2, -0.15) is 0 Å². The summed E-state index contributed by atoms with van der Waals surface area (Å²) in [4.78, 5) is 11.8. The van der Waals surface area contributed by atoms with Gasteiger partial charge < -0.3 is 10.6 Å². The lowest BCUT2D eigenvalue weighted by atomic mass is 10.1. The van der Waals surface area contributed by atoms with Crippen LogP contribution in [-0.4, -0.2) is 12.6 Å². The molecule has 2 amide bonds. The zero-order valence-electron chi connectivity index (χ0n) is 18.1. The molecule has 0 aromatic heterocycles. The molecule has 0 fully saturated rings. The molecule has 0 aliphatic rings. The summed E-state index contributed by atoms with van der Waals surface area (Å²) in [5, 5.41) is 6.37. The summed E-state index contributed by atoms with van der Waals surface area (Å²) in [7, 11) is 0. The first kappa shape index (κ1) is 25.3. The van der Waals surface area contributed by atoms with Gasteiger partial charge in [-0.25, -0.2) is 4.79 Å². The molecule has 0 heterocycles. The molecule has 0 unspecified atom stereocenters. The first-order valence-electron chi connectivity index (χ1n) is 11.3. The van der Waals surface area contributed by atoms with E-state index < -0.39 is 0 Å². The average Bonchev–Trinajstić information content (AvgIpc) is 2.72. The Morgan fingerprint density at radius 1 is 0.828 bits per heavy atom. The Morgan fingerprint density at radius 3 is 2.07 bits per heavy atom. The van der Waals surface area contributed by atoms with Crippen molar-refractivity contribution >= 4 is 23.3 Å². The summed E-state index contributed by atoms with van der Waals surface area (Å²) in [6, 6.07) is 6.96. The number of anilines is 1. The molecular weight excluding hydrogens is 380 g/mol. The number of hydrogen-bond acceptors (Lipinski definition) is 1. The molecule has 0 atom stereocenters. The fourth-order valence-corrected chi connectivity index (χ4v) is 3.15. The maximum absolute atomic E-state index is 11.8. The van der Waals surface area contributed by atoms with Crippen LogP contribution < -0.4 is 10.6 Å². The highest BCUT2D eigenvalue weighted by atomic mass is 35.5. The number of amides is 2. The van der Waals surface area contributed by atoms with Crippen LogP contribution in [0.15, 0.2) is 48.6 Å². The molecule has 4 heteroatoms. The number of carbonyl (C=O) groups is 1. The molecule has 0 aliphatic heterocycles. The predicted molar refractivity (Wildman–Crippen MR) is 128 cm³/mol. The van der Waals surface area contributed by atoms with Crippen LogP contribution in [0.2, 0.25) is 5.02 Å². The quantitative estimate of drug-likeness (QED) is 0.206. The van der Waals surface area contributed by atoms with E-state index in [0.717, 1.165) is 18.5 Å². The molecule has 0 saturated carbocycles. The van der Waals surface area contributed by atoms with E-state index in [2.05, 4.69) is 41.9 Å². The van der Waals surface area contributed by atoms with Gasteiger partial charge in [0, 0.05) is 17.3 Å². The normalized spacial score (nSPS) is 11.4. The van der Waals surface area contributed by atoms with Crippen LogP contribution in [0.4, 0.5) is 10.5 Å². The van der Waals surface area contributed by atoms with Gasteiger partial charge >= 0.3 is 6.03 Å². The van der Waals surface area contributed by atoms with Crippen molar-refractivity contribution in [2.45, 2.75) is 84.0 Å². The zero-order valence-corrected chi connectivity index (χ0v) is 18.9. The molecule has 1 rings (SSSR count). The minimum absolute atomic E-state index is 0.157. The van der Waals surface area contributed by atoms with E-state index in [9.17, 15) is 4.79 Å². The minimum Gasteiger partial charge on any atom is -0.338 e. The van der Waals surface area contributed by atoms with Crippen molar-refractivity contribution in [3.63, 3.8) is 0 Å². The average molecular weight is 419 g/mol. The summed E-state index contributed by atoms with van der Waals surface area (Å²) in [5.41, 5.74) is 0.754. The number of hydrogen-bond donors (Lipinski definition) is 2. The third-order valence-corrected chi connectivity index (χ3v) is 5.02. The maximum Gasteiger partial charge on any atom is 0.319 e. The smallest absolute Gasteiger partial charge is 0.319 e. The van der Waals surface area contributed by atoms with E-state index in [1.54, 1.807) is 24.3 Å². The molecular formula is C25H39ClN2O. The monoisotopic (exact) mass is 418 g/mol. The molecule has 0 radical (unpaired) electrons. The van der Waals surface area contributed by atoms with Crippen LogP contribution in [0.25, 0.3) is 0 Å². The van der Waals surface area contributed by atoms with Crippen LogP contribution >= 0.6 is 11.6 Å². The standard InChI is InChI=1S/C25H39ClN2O/c1-2-3-4-5-6-7-8-9-10-11-12-13-14-15-16-17-22-27-25(29)28-24-20-18-23(26)19-21-24/h6-7,9-10,18-21H,2-5,8,11-17,22H2,1H3,(H2,27,28,29). The van der Waals surface area contributed by atoms with E-state index in [-0.39, 0.29) is 6.03 Å². The number of carbonyl (C=O) groups excluding carboxylic acids is 1. The number of urea groups is 1. The van der Waals surface area contributed by atoms with Gasteiger partial charge in [-0.3, -0.25) is 0 Å². The molecule has 0 aliphatic carbocycles. The van der Waals surface area contributed by atoms with Crippen molar-refractivity contribution in [3.8, 4) is 0 Å². The maximum atomic E-state index is 11.8. The van der Waals surface area contributed by atoms with Crippen molar-refractivity contribution < 1.29 is 4.79 Å². The summed E-state index contributed by atoms with van der Waals surface area (Å²) in [6.07, 6.45) is 24.0. The van der Waals surface area contributed by atoms with E-state index in [4.69, 9.17) is 11.6 Å². The van der Waals surface area contributed by atoms with Gasteiger partial charge in [0.15, 0.2) is 0 Å². The Bertz CT molecular complexity index is 581. The third-order valence-electron chi connectivity index (χ3n) is 4.77. The van der Waals surface area contributed by atoms with Crippen molar-refractivity contribution in [3.05, 3.63) is 53.6 Å². The van der Waals surface area contributed by atoms with Crippen LogP contribution in [0.1, 0.15) is 84.0 Å². The van der Waals surface area contributed by atoms with Crippen molar-refractivity contribution in [1.82, 2.24) is 5.32 Å². The molecule has 162 valence electrons. The molecule has 3 nitrogen and oxygen atoms in total. The van der Waals surface area contributed by atoms with Crippen molar-refractivity contribution in [1.29, 1.82) is 0 Å². The molecule has 0 saturated heterocycles. The van der Waals surface area contributed by atoms with Crippen molar-refractivity contribution in [2.24, 2.45) is 0 Å². The first-order chi connectivity index (χ1) is 14.2. The van der Waals surface area contributed by atoms with Crippen molar-refractivity contribution in [2.75, 3.05) is 11.9 Å². The highest BCUT2D eigenvalue weighted by molar-refractivity contribution is 6.30. The molecule has 2 N–H and O–H groups in total. The summed E-state index contributed by atoms with van der Waals surface area (Å²) in [5.74, 6) is 0. The van der Waals surface area contributed by atoms with Gasteiger partial charge in [0.2, 0.25) is 0 Å². The Balaban J connectivity index is 1.85. The van der Waals surface area contributed by atoms with Crippen LogP contribution in [0, 0.1) is 0 Å². The van der Waals surface area contributed by atoms with E-state index >= 15 is 0 Å². The number of benzene rings is 1. The third kappa shape index (κ3) is 15.8. The SMILES string of the molecule is CCCCCC=CCC=CCCCCCCCCNC(=O)Nc1ccc(Cl)cc1. The minimum atomic E-state index is -0.157. The fourth-order valence-electron chi connectivity index (χ4n) is 3.02. The topological polar surface area (TPSA) is 41.1 Å². The van der Waals surface area contributed by atoms with Crippen LogP contribution in [-0.2, 0) is 0 Å². The highest BCUT2D eigenvalue weighted by Crippen LogP contribution is 2.13. The second-order valence-corrected chi connectivity index (χ2v) is 7.91. The number of allylic oxidation sites excluding steroid dienone is 4. The second kappa shape index (κ2) is 18.3. The molecule has 0 spiro atoms. The summed E-state index contributed by atoms with van der Waals surface area (Å²) < 4.78 is 0. The van der Waals surface area contributed by atoms with Gasteiger partial charge in [-0.15, -0.1) is 0 Å². The van der Waals surface area contributed by atoms with Gasteiger partial charge in [0.05, 0.1) is 0 Å². The van der Waals surface area contributed by atoms with Gasteiger partial charge in [0.1, 0.15) is 0 Å². The number of unbranched alkanes of at least 4 members (excludes halogenated alkanes) is 9. The Kier molecular flexibility index (Phi) is 16.0. The summed E-state index contributed by atoms with van der Waals surface area (Å²) in [6.45, 7) is 2.96. The lowest BCUT2D eigenvalue weighted by Gasteiger charge is -2.07. The lowest BCUT2D eigenvalue weighted by molar-refractivity contribution is 0.252. The van der Waals surface area contributed by atoms with Gasteiger partial charge in [-0.05, 0) is 62.8 Å². The molecule has 0 bridgehead atoms. The number of rotatable bonds is 16. The highest BCUT2D eigenvalue weighted by Gasteiger charge is 2.00. The largest absolute Gasteiger partial charge is 0.338 e. The first-order valence-corrected chi connectivity index (χ1v) is 11.7. The number of nitrogens with one attached hydrogen (secondary N) is 2. The van der Waals surface area contributed by atoms with Gasteiger partial charge in [0.25, 0.3) is 0 Å².